The van der Waals surface area contributed by atoms with Crippen molar-refractivity contribution in [3.8, 4) is 5.88 Å². The van der Waals surface area contributed by atoms with Gasteiger partial charge < -0.3 is 10.1 Å². The summed E-state index contributed by atoms with van der Waals surface area (Å²) >= 11 is 0. The van der Waals surface area contributed by atoms with Gasteiger partial charge in [0.2, 0.25) is 15.9 Å². The first kappa shape index (κ1) is 16.0. The molecule has 0 unspecified atom stereocenters. The van der Waals surface area contributed by atoms with Gasteiger partial charge in [0, 0.05) is 6.07 Å². The van der Waals surface area contributed by atoms with E-state index in [2.05, 4.69) is 15.0 Å². The number of anilines is 1. The molecule has 0 amide bonds. The van der Waals surface area contributed by atoms with Gasteiger partial charge in [0.05, 0.1) is 18.1 Å². The Hall–Kier alpha value is -1.05. The normalized spacial score (nSPS) is 16.5. The lowest BCUT2D eigenvalue weighted by Crippen LogP contribution is -2.34. The number of rotatable bonds is 4. The van der Waals surface area contributed by atoms with Crippen molar-refractivity contribution < 1.29 is 13.2 Å². The zero-order valence-electron chi connectivity index (χ0n) is 10.6. The van der Waals surface area contributed by atoms with Crippen LogP contribution in [0.2, 0.25) is 0 Å². The molecule has 2 rings (SSSR count). The zero-order valence-corrected chi connectivity index (χ0v) is 12.3. The number of nitrogens with zero attached hydrogens (tertiary/aromatic N) is 1. The van der Waals surface area contributed by atoms with Gasteiger partial charge in [-0.2, -0.15) is 0 Å². The molecule has 0 radical (unpaired) electrons. The molecule has 1 saturated heterocycles. The molecular weight excluding hydrogens is 290 g/mol. The van der Waals surface area contributed by atoms with Crippen LogP contribution in [-0.4, -0.2) is 38.9 Å². The topological polar surface area (TPSA) is 80.3 Å². The van der Waals surface area contributed by atoms with E-state index in [-0.39, 0.29) is 18.5 Å². The molecular formula is C11H18ClN3O3S. The van der Waals surface area contributed by atoms with Crippen LogP contribution < -0.4 is 14.8 Å². The fourth-order valence-corrected chi connectivity index (χ4v) is 2.36. The monoisotopic (exact) mass is 307 g/mol. The lowest BCUT2D eigenvalue weighted by molar-refractivity contribution is 0.156. The Labute approximate surface area is 119 Å². The van der Waals surface area contributed by atoms with E-state index >= 15 is 0 Å². The first-order valence-electron chi connectivity index (χ1n) is 5.84. The van der Waals surface area contributed by atoms with E-state index in [0.29, 0.717) is 11.6 Å². The molecule has 0 atom stereocenters. The summed E-state index contributed by atoms with van der Waals surface area (Å²) in [7, 11) is -3.26. The molecule has 6 nitrogen and oxygen atoms in total. The Kier molecular flexibility index (Phi) is 5.84. The van der Waals surface area contributed by atoms with Gasteiger partial charge in [0.1, 0.15) is 6.10 Å². The third-order valence-electron chi connectivity index (χ3n) is 2.61. The summed E-state index contributed by atoms with van der Waals surface area (Å²) in [6.07, 6.45) is 4.67. The Morgan fingerprint density at radius 3 is 2.58 bits per heavy atom. The van der Waals surface area contributed by atoms with E-state index in [1.807, 2.05) is 0 Å². The highest BCUT2D eigenvalue weighted by Gasteiger charge is 2.14. The predicted molar refractivity (Wildman–Crippen MR) is 76.5 cm³/mol. The molecule has 108 valence electrons. The molecule has 0 aliphatic carbocycles. The van der Waals surface area contributed by atoms with Crippen LogP contribution >= 0.6 is 12.4 Å². The minimum absolute atomic E-state index is 0. The molecule has 1 aromatic heterocycles. The number of hydrogen-bond donors (Lipinski definition) is 2. The number of pyridine rings is 1. The van der Waals surface area contributed by atoms with E-state index in [4.69, 9.17) is 4.74 Å². The third-order valence-corrected chi connectivity index (χ3v) is 3.22. The number of ether oxygens (including phenoxy) is 1. The van der Waals surface area contributed by atoms with Crippen LogP contribution in [0.3, 0.4) is 0 Å². The third kappa shape index (κ3) is 5.63. The van der Waals surface area contributed by atoms with E-state index in [1.165, 1.54) is 6.20 Å². The molecule has 0 spiro atoms. The average molecular weight is 308 g/mol. The zero-order chi connectivity index (χ0) is 13.0. The van der Waals surface area contributed by atoms with Gasteiger partial charge in [0.25, 0.3) is 0 Å². The summed E-state index contributed by atoms with van der Waals surface area (Å²) in [6.45, 7) is 1.91. The molecule has 0 saturated carbocycles. The second-order valence-electron chi connectivity index (χ2n) is 4.33. The van der Waals surface area contributed by atoms with Crippen LogP contribution in [0, 0.1) is 0 Å². The van der Waals surface area contributed by atoms with Gasteiger partial charge in [-0.3, -0.25) is 4.72 Å². The summed E-state index contributed by atoms with van der Waals surface area (Å²) in [5, 5.41) is 3.26. The minimum Gasteiger partial charge on any atom is -0.474 e. The Balaban J connectivity index is 0.00000180. The molecule has 1 aromatic rings. The lowest BCUT2D eigenvalue weighted by Gasteiger charge is -2.23. The molecule has 1 aliphatic heterocycles. The Morgan fingerprint density at radius 1 is 1.37 bits per heavy atom. The van der Waals surface area contributed by atoms with Gasteiger partial charge in [-0.05, 0) is 32.0 Å². The molecule has 1 fully saturated rings. The summed E-state index contributed by atoms with van der Waals surface area (Å²) in [5.74, 6) is 0.529. The number of piperidine rings is 1. The molecule has 8 heteroatoms. The van der Waals surface area contributed by atoms with Crippen LogP contribution in [0.5, 0.6) is 5.88 Å². The molecule has 2 heterocycles. The van der Waals surface area contributed by atoms with Crippen molar-refractivity contribution >= 4 is 28.1 Å². The van der Waals surface area contributed by atoms with Crippen LogP contribution in [0.4, 0.5) is 5.69 Å². The Morgan fingerprint density at radius 2 is 2.05 bits per heavy atom. The van der Waals surface area contributed by atoms with Crippen molar-refractivity contribution in [3.63, 3.8) is 0 Å². The van der Waals surface area contributed by atoms with E-state index in [1.54, 1.807) is 12.1 Å². The van der Waals surface area contributed by atoms with E-state index in [9.17, 15) is 8.42 Å². The summed E-state index contributed by atoms with van der Waals surface area (Å²) in [4.78, 5) is 4.09. The van der Waals surface area contributed by atoms with Crippen molar-refractivity contribution in [1.29, 1.82) is 0 Å². The highest BCUT2D eigenvalue weighted by atomic mass is 35.5. The highest BCUT2D eigenvalue weighted by molar-refractivity contribution is 7.92. The maximum atomic E-state index is 11.0. The molecule has 2 N–H and O–H groups in total. The van der Waals surface area contributed by atoms with Gasteiger partial charge in [-0.1, -0.05) is 0 Å². The van der Waals surface area contributed by atoms with Crippen LogP contribution in [0.1, 0.15) is 12.8 Å². The summed E-state index contributed by atoms with van der Waals surface area (Å²) < 4.78 is 30.1. The molecule has 0 bridgehead atoms. The highest BCUT2D eigenvalue weighted by Crippen LogP contribution is 2.16. The number of halogens is 1. The quantitative estimate of drug-likeness (QED) is 0.867. The number of hydrogen-bond acceptors (Lipinski definition) is 5. The standard InChI is InChI=1S/C11H17N3O3S.ClH/c1-18(15,16)14-9-2-3-11(13-8-9)17-10-4-6-12-7-5-10;/h2-3,8,10,12,14H,4-7H2,1H3;1H. The van der Waals surface area contributed by atoms with Crippen molar-refractivity contribution in [2.45, 2.75) is 18.9 Å². The summed E-state index contributed by atoms with van der Waals surface area (Å²) in [5.41, 5.74) is 0.440. The fraction of sp³-hybridized carbons (Fsp3) is 0.545. The van der Waals surface area contributed by atoms with Gasteiger partial charge in [0.15, 0.2) is 0 Å². The van der Waals surface area contributed by atoms with Crippen LogP contribution in [0.15, 0.2) is 18.3 Å². The van der Waals surface area contributed by atoms with Crippen molar-refractivity contribution in [2.75, 3.05) is 24.1 Å². The second kappa shape index (κ2) is 6.93. The van der Waals surface area contributed by atoms with Crippen LogP contribution in [0.25, 0.3) is 0 Å². The fourth-order valence-electron chi connectivity index (χ4n) is 1.81. The molecule has 19 heavy (non-hydrogen) atoms. The number of nitrogens with one attached hydrogen (secondary N) is 2. The molecule has 1 aliphatic rings. The maximum Gasteiger partial charge on any atom is 0.229 e. The second-order valence-corrected chi connectivity index (χ2v) is 6.08. The molecule has 0 aromatic carbocycles. The number of aromatic nitrogens is 1. The smallest absolute Gasteiger partial charge is 0.229 e. The Bertz CT molecular complexity index is 486. The summed E-state index contributed by atoms with van der Waals surface area (Å²) in [6, 6.07) is 3.32. The largest absolute Gasteiger partial charge is 0.474 e. The predicted octanol–water partition coefficient (Wildman–Crippen LogP) is 1.01. The van der Waals surface area contributed by atoms with Crippen molar-refractivity contribution in [2.24, 2.45) is 0 Å². The van der Waals surface area contributed by atoms with E-state index in [0.717, 1.165) is 32.2 Å². The van der Waals surface area contributed by atoms with Gasteiger partial charge in [-0.25, -0.2) is 13.4 Å². The lowest BCUT2D eigenvalue weighted by atomic mass is 10.1. The maximum absolute atomic E-state index is 11.0. The van der Waals surface area contributed by atoms with Crippen molar-refractivity contribution in [3.05, 3.63) is 18.3 Å². The van der Waals surface area contributed by atoms with Crippen LogP contribution in [-0.2, 0) is 10.0 Å². The van der Waals surface area contributed by atoms with Gasteiger partial charge >= 0.3 is 0 Å². The SMILES string of the molecule is CS(=O)(=O)Nc1ccc(OC2CCNCC2)nc1.Cl. The van der Waals surface area contributed by atoms with Crippen molar-refractivity contribution in [1.82, 2.24) is 10.3 Å². The first-order chi connectivity index (χ1) is 8.53. The minimum atomic E-state index is -3.26. The van der Waals surface area contributed by atoms with E-state index < -0.39 is 10.0 Å². The first-order valence-corrected chi connectivity index (χ1v) is 7.73. The number of sulfonamides is 1. The van der Waals surface area contributed by atoms with Gasteiger partial charge in [-0.15, -0.1) is 12.4 Å². The average Bonchev–Trinajstić information content (AvgIpc) is 2.31.